The summed E-state index contributed by atoms with van der Waals surface area (Å²) >= 11 is 0. The first-order valence-corrected chi connectivity index (χ1v) is 9.27. The lowest BCUT2D eigenvalue weighted by Crippen LogP contribution is -2.24. The third-order valence-electron chi connectivity index (χ3n) is 3.62. The van der Waals surface area contributed by atoms with Crippen LogP contribution in [-0.4, -0.2) is 20.9 Å². The van der Waals surface area contributed by atoms with E-state index in [0.29, 0.717) is 5.56 Å². The largest absolute Gasteiger partial charge is 0.322 e. The number of hydrogen-bond acceptors (Lipinski definition) is 3. The van der Waals surface area contributed by atoms with Crippen LogP contribution in [0.15, 0.2) is 53.4 Å². The fraction of sp³-hybridized carbons (Fsp3) is 0.211. The maximum Gasteiger partial charge on any atom is 0.255 e. The van der Waals surface area contributed by atoms with Gasteiger partial charge in [0.1, 0.15) is 0 Å². The van der Waals surface area contributed by atoms with Crippen LogP contribution in [0.5, 0.6) is 0 Å². The van der Waals surface area contributed by atoms with Crippen LogP contribution in [0.2, 0.25) is 0 Å². The Labute approximate surface area is 148 Å². The molecule has 2 aromatic rings. The van der Waals surface area contributed by atoms with Crippen LogP contribution in [0.1, 0.15) is 35.7 Å². The van der Waals surface area contributed by atoms with Crippen molar-refractivity contribution in [2.24, 2.45) is 0 Å². The molecule has 0 atom stereocenters. The molecule has 6 heteroatoms. The fourth-order valence-corrected chi connectivity index (χ4v) is 3.25. The molecule has 0 aromatic heterocycles. The molecule has 0 spiro atoms. The normalized spacial score (nSPS) is 11.1. The van der Waals surface area contributed by atoms with Gasteiger partial charge >= 0.3 is 0 Å². The molecule has 5 nitrogen and oxygen atoms in total. The number of sulfonamides is 1. The highest BCUT2D eigenvalue weighted by Gasteiger charge is 2.15. The second kappa shape index (κ2) is 7.97. The minimum Gasteiger partial charge on any atom is -0.322 e. The van der Waals surface area contributed by atoms with Gasteiger partial charge in [-0.05, 0) is 41.8 Å². The second-order valence-corrected chi connectivity index (χ2v) is 7.52. The fourth-order valence-electron chi connectivity index (χ4n) is 2.31. The predicted molar refractivity (Wildman–Crippen MR) is 98.9 cm³/mol. The van der Waals surface area contributed by atoms with Crippen LogP contribution in [0, 0.1) is 12.3 Å². The number of terminal acetylenes is 1. The second-order valence-electron chi connectivity index (χ2n) is 5.75. The molecule has 2 rings (SSSR count). The Morgan fingerprint density at radius 2 is 1.76 bits per heavy atom. The number of hydrogen-bond donors (Lipinski definition) is 2. The van der Waals surface area contributed by atoms with Crippen LogP contribution >= 0.6 is 0 Å². The van der Waals surface area contributed by atoms with Crippen molar-refractivity contribution in [2.75, 3.05) is 11.9 Å². The Bertz CT molecular complexity index is 895. The Hall–Kier alpha value is -2.62. The Morgan fingerprint density at radius 3 is 2.36 bits per heavy atom. The molecule has 2 N–H and O–H groups in total. The summed E-state index contributed by atoms with van der Waals surface area (Å²) in [5.41, 5.74) is 2.15. The number of para-hydroxylation sites is 1. The van der Waals surface area contributed by atoms with Gasteiger partial charge in [0.2, 0.25) is 10.0 Å². The van der Waals surface area contributed by atoms with Crippen LogP contribution in [0.4, 0.5) is 5.69 Å². The average Bonchev–Trinajstić information content (AvgIpc) is 2.60. The van der Waals surface area contributed by atoms with Gasteiger partial charge in [-0.1, -0.05) is 38.0 Å². The number of anilines is 1. The summed E-state index contributed by atoms with van der Waals surface area (Å²) in [4.78, 5) is 12.5. The zero-order valence-electron chi connectivity index (χ0n) is 14.1. The molecular weight excluding hydrogens is 336 g/mol. The van der Waals surface area contributed by atoms with Gasteiger partial charge in [-0.15, -0.1) is 6.42 Å². The Kier molecular flexibility index (Phi) is 5.97. The summed E-state index contributed by atoms with van der Waals surface area (Å²) in [7, 11) is -3.67. The smallest absolute Gasteiger partial charge is 0.255 e. The third-order valence-corrected chi connectivity index (χ3v) is 5.04. The van der Waals surface area contributed by atoms with E-state index in [4.69, 9.17) is 6.42 Å². The van der Waals surface area contributed by atoms with Crippen LogP contribution < -0.4 is 10.0 Å². The third kappa shape index (κ3) is 4.69. The van der Waals surface area contributed by atoms with Crippen molar-refractivity contribution >= 4 is 21.6 Å². The quantitative estimate of drug-likeness (QED) is 0.782. The highest BCUT2D eigenvalue weighted by atomic mass is 32.2. The lowest BCUT2D eigenvalue weighted by atomic mass is 10.0. The highest BCUT2D eigenvalue weighted by molar-refractivity contribution is 7.89. The van der Waals surface area contributed by atoms with E-state index in [0.717, 1.165) is 11.3 Å². The minimum absolute atomic E-state index is 0.0573. The number of amides is 1. The maximum absolute atomic E-state index is 12.4. The topological polar surface area (TPSA) is 75.3 Å². The van der Waals surface area contributed by atoms with E-state index < -0.39 is 10.0 Å². The van der Waals surface area contributed by atoms with Gasteiger partial charge in [-0.25, -0.2) is 8.42 Å². The molecule has 0 saturated heterocycles. The van der Waals surface area contributed by atoms with E-state index >= 15 is 0 Å². The summed E-state index contributed by atoms with van der Waals surface area (Å²) in [6.07, 6.45) is 5.05. The molecule has 0 heterocycles. The molecule has 0 fully saturated rings. The van der Waals surface area contributed by atoms with Crippen molar-refractivity contribution in [1.82, 2.24) is 4.72 Å². The standard InChI is InChI=1S/C19H20N2O3S/c1-4-13-20-25(23,24)16-11-9-15(10-12-16)19(22)21-18-8-6-5-7-17(18)14(2)3/h1,5-12,14,20H,13H2,2-3H3,(H,21,22). The number of benzene rings is 2. The van der Waals surface area contributed by atoms with Gasteiger partial charge in [-0.2, -0.15) is 4.72 Å². The van der Waals surface area contributed by atoms with Gasteiger partial charge in [0.15, 0.2) is 0 Å². The molecule has 0 radical (unpaired) electrons. The van der Waals surface area contributed by atoms with Gasteiger partial charge in [0, 0.05) is 11.3 Å². The van der Waals surface area contributed by atoms with Gasteiger partial charge in [0.05, 0.1) is 11.4 Å². The van der Waals surface area contributed by atoms with Crippen LogP contribution in [0.25, 0.3) is 0 Å². The van der Waals surface area contributed by atoms with Crippen LogP contribution in [0.3, 0.4) is 0 Å². The summed E-state index contributed by atoms with van der Waals surface area (Å²) in [5, 5.41) is 2.87. The van der Waals surface area contributed by atoms with Crippen LogP contribution in [-0.2, 0) is 10.0 Å². The summed E-state index contributed by atoms with van der Waals surface area (Å²) in [6.45, 7) is 4.01. The Balaban J connectivity index is 2.18. The van der Waals surface area contributed by atoms with E-state index in [1.165, 1.54) is 24.3 Å². The minimum atomic E-state index is -3.67. The summed E-state index contributed by atoms with van der Waals surface area (Å²) < 4.78 is 26.2. The van der Waals surface area contributed by atoms with E-state index in [9.17, 15) is 13.2 Å². The highest BCUT2D eigenvalue weighted by Crippen LogP contribution is 2.24. The zero-order valence-corrected chi connectivity index (χ0v) is 14.9. The lowest BCUT2D eigenvalue weighted by molar-refractivity contribution is 0.102. The van der Waals surface area contributed by atoms with Gasteiger partial charge in [0.25, 0.3) is 5.91 Å². The molecule has 0 aliphatic rings. The number of nitrogens with one attached hydrogen (secondary N) is 2. The van der Waals surface area contributed by atoms with Crippen molar-refractivity contribution in [3.05, 3.63) is 59.7 Å². The average molecular weight is 356 g/mol. The van der Waals surface area contributed by atoms with Crippen molar-refractivity contribution in [1.29, 1.82) is 0 Å². The van der Waals surface area contributed by atoms with E-state index in [2.05, 4.69) is 16.0 Å². The molecule has 0 bridgehead atoms. The number of carbonyl (C=O) groups excluding carboxylic acids is 1. The van der Waals surface area contributed by atoms with E-state index in [-0.39, 0.29) is 23.3 Å². The number of rotatable bonds is 6. The van der Waals surface area contributed by atoms with Gasteiger partial charge < -0.3 is 5.32 Å². The van der Waals surface area contributed by atoms with Crippen molar-refractivity contribution in [2.45, 2.75) is 24.7 Å². The SMILES string of the molecule is C#CCNS(=O)(=O)c1ccc(C(=O)Nc2ccccc2C(C)C)cc1. The van der Waals surface area contributed by atoms with Crippen molar-refractivity contribution in [3.63, 3.8) is 0 Å². The maximum atomic E-state index is 12.4. The molecular formula is C19H20N2O3S. The van der Waals surface area contributed by atoms with Crippen molar-refractivity contribution < 1.29 is 13.2 Å². The molecule has 0 saturated carbocycles. The summed E-state index contributed by atoms with van der Waals surface area (Å²) in [6, 6.07) is 13.3. The number of carbonyl (C=O) groups is 1. The summed E-state index contributed by atoms with van der Waals surface area (Å²) in [5.74, 6) is 2.18. The Morgan fingerprint density at radius 1 is 1.12 bits per heavy atom. The van der Waals surface area contributed by atoms with E-state index in [1.54, 1.807) is 0 Å². The zero-order chi connectivity index (χ0) is 18.4. The molecule has 0 unspecified atom stereocenters. The first kappa shape index (κ1) is 18.7. The first-order chi connectivity index (χ1) is 11.8. The molecule has 0 aliphatic heterocycles. The molecule has 0 aliphatic carbocycles. The first-order valence-electron chi connectivity index (χ1n) is 7.78. The monoisotopic (exact) mass is 356 g/mol. The molecule has 25 heavy (non-hydrogen) atoms. The van der Waals surface area contributed by atoms with Gasteiger partial charge in [-0.3, -0.25) is 4.79 Å². The van der Waals surface area contributed by atoms with Crippen molar-refractivity contribution in [3.8, 4) is 12.3 Å². The molecule has 1 amide bonds. The lowest BCUT2D eigenvalue weighted by Gasteiger charge is -2.13. The molecule has 2 aromatic carbocycles. The molecule has 130 valence electrons. The predicted octanol–water partition coefficient (Wildman–Crippen LogP) is 2.97. The van der Waals surface area contributed by atoms with E-state index in [1.807, 2.05) is 38.1 Å².